The molecule has 4 rings (SSSR count). The van der Waals surface area contributed by atoms with E-state index >= 15 is 0 Å². The van der Waals surface area contributed by atoms with Crippen LogP contribution < -0.4 is 0 Å². The van der Waals surface area contributed by atoms with Gasteiger partial charge in [0.15, 0.2) is 6.54 Å². The molecule has 1 saturated heterocycles. The Morgan fingerprint density at radius 1 is 1.25 bits per heavy atom. The first-order chi connectivity index (χ1) is 17.2. The standard InChI is InChI=1S/C30H35NO2S3/c1-5-7-23-13-10-22(18-28-20(2)31(3,19-29(32)33)30(34)36-28)17-27(23)26-9-6-8-24(26)16-21-11-14-25(35-4)15-12-21/h10-15,17-18,24,26H,2,5-9,16,19H2,1,3-4H3/p+1. The zero-order valence-corrected chi connectivity index (χ0v) is 23.9. The first kappa shape index (κ1) is 27.2. The molecule has 2 aromatic carbocycles. The largest absolute Gasteiger partial charge is 0.477 e. The number of thioether (sulfide) groups is 2. The van der Waals surface area contributed by atoms with Crippen LogP contribution in [0.3, 0.4) is 0 Å². The number of likely N-dealkylation sites (N-methyl/N-ethyl adjacent to an activating group) is 1. The van der Waals surface area contributed by atoms with E-state index in [9.17, 15) is 9.90 Å². The number of quaternary nitrogens is 1. The number of rotatable bonds is 9. The predicted molar refractivity (Wildman–Crippen MR) is 158 cm³/mol. The van der Waals surface area contributed by atoms with Crippen LogP contribution in [0.25, 0.3) is 6.08 Å². The van der Waals surface area contributed by atoms with E-state index in [4.69, 9.17) is 12.2 Å². The average Bonchev–Trinajstić information content (AvgIpc) is 3.39. The van der Waals surface area contributed by atoms with Gasteiger partial charge >= 0.3 is 5.97 Å². The van der Waals surface area contributed by atoms with Crippen LogP contribution in [0.1, 0.15) is 60.8 Å². The fraction of sp³-hybridized carbons (Fsp3) is 0.400. The Bertz CT molecular complexity index is 1190. The maximum Gasteiger partial charge on any atom is 0.360 e. The molecule has 2 fully saturated rings. The lowest BCUT2D eigenvalue weighted by Crippen LogP contribution is -2.45. The van der Waals surface area contributed by atoms with Gasteiger partial charge < -0.3 is 5.11 Å². The topological polar surface area (TPSA) is 37.3 Å². The van der Waals surface area contributed by atoms with Gasteiger partial charge in [0.2, 0.25) is 4.32 Å². The van der Waals surface area contributed by atoms with Gasteiger partial charge in [0.1, 0.15) is 5.70 Å². The number of aliphatic carboxylic acids is 1. The first-order valence-corrected chi connectivity index (χ1v) is 15.2. The van der Waals surface area contributed by atoms with Gasteiger partial charge in [-0.1, -0.05) is 50.1 Å². The van der Waals surface area contributed by atoms with Crippen molar-refractivity contribution in [3.05, 3.63) is 81.9 Å². The summed E-state index contributed by atoms with van der Waals surface area (Å²) >= 11 is 8.84. The zero-order chi connectivity index (χ0) is 25.9. The lowest BCUT2D eigenvalue weighted by atomic mass is 9.81. The van der Waals surface area contributed by atoms with Crippen LogP contribution in [0, 0.1) is 5.92 Å². The lowest BCUT2D eigenvalue weighted by molar-refractivity contribution is -0.760. The summed E-state index contributed by atoms with van der Waals surface area (Å²) in [4.78, 5) is 13.7. The molecule has 3 atom stereocenters. The second-order valence-corrected chi connectivity index (χ2v) is 12.7. The minimum Gasteiger partial charge on any atom is -0.477 e. The van der Waals surface area contributed by atoms with Crippen molar-refractivity contribution < 1.29 is 14.4 Å². The minimum atomic E-state index is -0.871. The van der Waals surface area contributed by atoms with E-state index in [0.29, 0.717) is 16.2 Å². The first-order valence-electron chi connectivity index (χ1n) is 12.7. The molecule has 190 valence electrons. The number of thiocarbonyl (C=S) groups is 1. The van der Waals surface area contributed by atoms with Crippen LogP contribution in [0.15, 0.2) is 64.5 Å². The molecule has 1 saturated carbocycles. The molecule has 0 spiro atoms. The Morgan fingerprint density at radius 3 is 2.67 bits per heavy atom. The molecule has 6 heteroatoms. The van der Waals surface area contributed by atoms with Crippen LogP contribution in [-0.4, -0.2) is 39.7 Å². The second-order valence-electron chi connectivity index (χ2n) is 10.1. The third kappa shape index (κ3) is 5.83. The summed E-state index contributed by atoms with van der Waals surface area (Å²) in [7, 11) is 1.84. The van der Waals surface area contributed by atoms with E-state index in [1.165, 1.54) is 52.6 Å². The highest BCUT2D eigenvalue weighted by molar-refractivity contribution is 8.25. The maximum atomic E-state index is 11.5. The quantitative estimate of drug-likeness (QED) is 0.199. The highest BCUT2D eigenvalue weighted by Gasteiger charge is 2.44. The third-order valence-electron chi connectivity index (χ3n) is 7.63. The predicted octanol–water partition coefficient (Wildman–Crippen LogP) is 7.90. The van der Waals surface area contributed by atoms with Crippen molar-refractivity contribution in [1.82, 2.24) is 0 Å². The molecule has 0 radical (unpaired) electrons. The summed E-state index contributed by atoms with van der Waals surface area (Å²) < 4.78 is 0.724. The van der Waals surface area contributed by atoms with Gasteiger partial charge in [0.25, 0.3) is 0 Å². The second kappa shape index (κ2) is 11.7. The fourth-order valence-corrected chi connectivity index (χ4v) is 7.53. The lowest BCUT2D eigenvalue weighted by Gasteiger charge is -2.25. The summed E-state index contributed by atoms with van der Waals surface area (Å²) in [5.41, 5.74) is 6.30. The molecule has 2 aromatic rings. The molecule has 0 aromatic heterocycles. The number of carboxylic acid groups (broad SMARTS) is 1. The highest BCUT2D eigenvalue weighted by Crippen LogP contribution is 2.45. The molecule has 2 aliphatic rings. The summed E-state index contributed by atoms with van der Waals surface area (Å²) in [6, 6.07) is 16.0. The molecular formula is C30H36NO2S3+. The van der Waals surface area contributed by atoms with Crippen molar-refractivity contribution in [3.8, 4) is 0 Å². The molecule has 1 aliphatic heterocycles. The van der Waals surface area contributed by atoms with E-state index in [0.717, 1.165) is 35.4 Å². The van der Waals surface area contributed by atoms with Gasteiger partial charge in [-0.2, -0.15) is 0 Å². The smallest absolute Gasteiger partial charge is 0.360 e. The third-order valence-corrected chi connectivity index (χ3v) is 10.2. The molecule has 36 heavy (non-hydrogen) atoms. The monoisotopic (exact) mass is 538 g/mol. The number of hydrogen-bond donors (Lipinski definition) is 1. The number of carboxylic acids is 1. The Kier molecular flexibility index (Phi) is 8.82. The van der Waals surface area contributed by atoms with Crippen molar-refractivity contribution in [3.63, 3.8) is 0 Å². The van der Waals surface area contributed by atoms with Gasteiger partial charge in [-0.25, -0.2) is 9.28 Å². The summed E-state index contributed by atoms with van der Waals surface area (Å²) in [5, 5.41) is 9.40. The van der Waals surface area contributed by atoms with Gasteiger partial charge in [0.05, 0.1) is 12.0 Å². The Labute approximate surface area is 229 Å². The fourth-order valence-electron chi connectivity index (χ4n) is 5.60. The van der Waals surface area contributed by atoms with Crippen molar-refractivity contribution in [2.75, 3.05) is 19.8 Å². The molecule has 1 aliphatic carbocycles. The molecule has 3 unspecified atom stereocenters. The van der Waals surface area contributed by atoms with Crippen LogP contribution in [0.5, 0.6) is 0 Å². The van der Waals surface area contributed by atoms with Gasteiger partial charge in [-0.3, -0.25) is 0 Å². The summed E-state index contributed by atoms with van der Waals surface area (Å²) in [6.07, 6.45) is 11.4. The van der Waals surface area contributed by atoms with E-state index in [1.54, 1.807) is 11.8 Å². The Balaban J connectivity index is 1.62. The average molecular weight is 539 g/mol. The molecular weight excluding hydrogens is 503 g/mol. The number of hydrogen-bond acceptors (Lipinski definition) is 4. The van der Waals surface area contributed by atoms with E-state index in [2.05, 4.69) is 68.3 Å². The molecule has 1 heterocycles. The Hall–Kier alpha value is -1.86. The molecule has 3 nitrogen and oxygen atoms in total. The number of benzene rings is 2. The maximum absolute atomic E-state index is 11.5. The van der Waals surface area contributed by atoms with Crippen molar-refractivity contribution in [2.24, 2.45) is 5.92 Å². The van der Waals surface area contributed by atoms with Gasteiger partial charge in [0, 0.05) is 4.90 Å². The highest BCUT2D eigenvalue weighted by atomic mass is 32.2. The van der Waals surface area contributed by atoms with Crippen molar-refractivity contribution >= 4 is 52.1 Å². The van der Waals surface area contributed by atoms with Crippen LogP contribution in [0.4, 0.5) is 0 Å². The molecule has 0 amide bonds. The molecule has 1 N–H and O–H groups in total. The number of carbonyl (C=O) groups is 1. The normalized spacial score (nSPS) is 25.1. The van der Waals surface area contributed by atoms with Crippen LogP contribution in [0.2, 0.25) is 0 Å². The SMILES string of the molecule is C=C1C(=Cc2ccc(CCC)c(C3CCCC3Cc3ccc(SC)cc3)c2)SC(=S)[N+]1(C)CC(=O)O. The van der Waals surface area contributed by atoms with Crippen LogP contribution in [-0.2, 0) is 17.6 Å². The van der Waals surface area contributed by atoms with Gasteiger partial charge in [-0.05, 0) is 115 Å². The van der Waals surface area contributed by atoms with Crippen molar-refractivity contribution in [1.29, 1.82) is 0 Å². The minimum absolute atomic E-state index is 0.0790. The summed E-state index contributed by atoms with van der Waals surface area (Å²) in [6.45, 7) is 6.41. The van der Waals surface area contributed by atoms with Crippen LogP contribution >= 0.6 is 35.7 Å². The zero-order valence-electron chi connectivity index (χ0n) is 21.5. The van der Waals surface area contributed by atoms with E-state index < -0.39 is 5.97 Å². The van der Waals surface area contributed by atoms with E-state index in [1.807, 2.05) is 7.05 Å². The van der Waals surface area contributed by atoms with Crippen molar-refractivity contribution in [2.45, 2.75) is 56.3 Å². The summed E-state index contributed by atoms with van der Waals surface area (Å²) in [5.74, 6) is 0.352. The van der Waals surface area contributed by atoms with Gasteiger partial charge in [-0.15, -0.1) is 11.8 Å². The number of nitrogens with zero attached hydrogens (tertiary/aromatic N) is 1. The molecule has 0 bridgehead atoms. The van der Waals surface area contributed by atoms with E-state index in [-0.39, 0.29) is 11.0 Å². The Morgan fingerprint density at radius 2 is 2.00 bits per heavy atom. The number of aryl methyl sites for hydroxylation is 1.